The molecule has 0 radical (unpaired) electrons. The Morgan fingerprint density at radius 2 is 1.69 bits per heavy atom. The summed E-state index contributed by atoms with van der Waals surface area (Å²) in [7, 11) is 0. The van der Waals surface area contributed by atoms with E-state index in [1.54, 1.807) is 0 Å². The summed E-state index contributed by atoms with van der Waals surface area (Å²) in [5.41, 5.74) is 1.88. The number of hydroxylamine groups is 2. The predicted molar refractivity (Wildman–Crippen MR) is 145 cm³/mol. The van der Waals surface area contributed by atoms with E-state index in [1.165, 1.54) is 26.0 Å². The van der Waals surface area contributed by atoms with Crippen molar-refractivity contribution in [1.29, 1.82) is 0 Å². The molecule has 1 saturated carbocycles. The van der Waals surface area contributed by atoms with Crippen molar-refractivity contribution in [3.63, 3.8) is 0 Å². The summed E-state index contributed by atoms with van der Waals surface area (Å²) in [6.45, 7) is 9.16. The Labute approximate surface area is 229 Å². The van der Waals surface area contributed by atoms with Gasteiger partial charge < -0.3 is 15.7 Å². The van der Waals surface area contributed by atoms with E-state index in [9.17, 15) is 28.7 Å². The highest BCUT2D eigenvalue weighted by Gasteiger charge is 2.40. The Kier molecular flexibility index (Phi) is 9.85. The van der Waals surface area contributed by atoms with E-state index in [4.69, 9.17) is 0 Å². The number of hydrogen-bond acceptors (Lipinski definition) is 5. The number of halogens is 2. The van der Waals surface area contributed by atoms with Gasteiger partial charge in [0.25, 0.3) is 0 Å². The van der Waals surface area contributed by atoms with Crippen LogP contribution in [0.5, 0.6) is 0 Å². The van der Waals surface area contributed by atoms with E-state index in [-0.39, 0.29) is 30.3 Å². The lowest BCUT2D eigenvalue weighted by atomic mass is 9.73. The van der Waals surface area contributed by atoms with Gasteiger partial charge in [-0.3, -0.25) is 14.8 Å². The monoisotopic (exact) mass is 545 g/mol. The van der Waals surface area contributed by atoms with Crippen LogP contribution >= 0.6 is 0 Å². The molecule has 9 heteroatoms. The molecule has 214 valence electrons. The zero-order valence-corrected chi connectivity index (χ0v) is 23.4. The summed E-state index contributed by atoms with van der Waals surface area (Å²) >= 11 is 0. The van der Waals surface area contributed by atoms with Crippen LogP contribution in [0.3, 0.4) is 0 Å². The van der Waals surface area contributed by atoms with Crippen LogP contribution in [0.1, 0.15) is 77.0 Å². The smallest absolute Gasteiger partial charge is 0.243 e. The lowest BCUT2D eigenvalue weighted by Crippen LogP contribution is -2.54. The SMILES string of the molecule is CC(=O)N[C@@H](Cc1cc(F)cc(F)c1)[C@H](O)CNC1(c2cccc(C(C)(C)C)c2)CCC(N(O)C(C)=O)CC1. The van der Waals surface area contributed by atoms with Crippen LogP contribution in [-0.2, 0) is 27.0 Å². The maximum absolute atomic E-state index is 13.8. The van der Waals surface area contributed by atoms with E-state index in [2.05, 4.69) is 43.5 Å². The predicted octanol–water partition coefficient (Wildman–Crippen LogP) is 4.34. The Hall–Kier alpha value is -2.88. The molecular weight excluding hydrogens is 504 g/mol. The van der Waals surface area contributed by atoms with Crippen molar-refractivity contribution < 1.29 is 28.7 Å². The molecule has 2 aromatic carbocycles. The van der Waals surface area contributed by atoms with Gasteiger partial charge in [0.05, 0.1) is 18.2 Å². The van der Waals surface area contributed by atoms with Crippen molar-refractivity contribution in [2.45, 2.75) is 95.9 Å². The third-order valence-corrected chi connectivity index (χ3v) is 7.64. The first-order chi connectivity index (χ1) is 18.2. The number of hydrogen-bond donors (Lipinski definition) is 4. The number of aliphatic hydroxyl groups is 1. The highest BCUT2D eigenvalue weighted by Crippen LogP contribution is 2.40. The van der Waals surface area contributed by atoms with Crippen molar-refractivity contribution >= 4 is 11.8 Å². The average Bonchev–Trinajstić information content (AvgIpc) is 2.85. The molecule has 0 unspecified atom stereocenters. The number of rotatable bonds is 9. The molecule has 2 amide bonds. The van der Waals surface area contributed by atoms with Gasteiger partial charge in [-0.1, -0.05) is 45.0 Å². The summed E-state index contributed by atoms with van der Waals surface area (Å²) in [6.07, 6.45) is 1.29. The van der Waals surface area contributed by atoms with Crippen LogP contribution in [0.15, 0.2) is 42.5 Å². The fourth-order valence-corrected chi connectivity index (χ4v) is 5.42. The fourth-order valence-electron chi connectivity index (χ4n) is 5.42. The first kappa shape index (κ1) is 30.7. The van der Waals surface area contributed by atoms with Gasteiger partial charge in [-0.25, -0.2) is 13.8 Å². The van der Waals surface area contributed by atoms with Crippen LogP contribution in [0.25, 0.3) is 0 Å². The van der Waals surface area contributed by atoms with Crippen LogP contribution in [-0.4, -0.2) is 51.9 Å². The number of carbonyl (C=O) groups excluding carboxylic acids is 2. The maximum atomic E-state index is 13.8. The van der Waals surface area contributed by atoms with Gasteiger partial charge in [0.2, 0.25) is 11.8 Å². The lowest BCUT2D eigenvalue weighted by Gasteiger charge is -2.44. The molecular formula is C30H41F2N3O4. The molecule has 39 heavy (non-hydrogen) atoms. The fraction of sp³-hybridized carbons (Fsp3) is 0.533. The molecule has 0 saturated heterocycles. The van der Waals surface area contributed by atoms with Crippen molar-refractivity contribution in [1.82, 2.24) is 15.7 Å². The molecule has 4 N–H and O–H groups in total. The van der Waals surface area contributed by atoms with Crippen molar-refractivity contribution in [3.8, 4) is 0 Å². The Morgan fingerprint density at radius 1 is 1.08 bits per heavy atom. The van der Waals surface area contributed by atoms with Crippen LogP contribution in [0.2, 0.25) is 0 Å². The summed E-state index contributed by atoms with van der Waals surface area (Å²) in [5, 5.41) is 28.5. The molecule has 0 aliphatic heterocycles. The number of amides is 2. The topological polar surface area (TPSA) is 102 Å². The third kappa shape index (κ3) is 8.06. The van der Waals surface area contributed by atoms with E-state index in [0.717, 1.165) is 22.3 Å². The number of aliphatic hydroxyl groups excluding tert-OH is 1. The Morgan fingerprint density at radius 3 is 2.23 bits per heavy atom. The minimum Gasteiger partial charge on any atom is -0.390 e. The second-order valence-electron chi connectivity index (χ2n) is 11.7. The van der Waals surface area contributed by atoms with Gasteiger partial charge >= 0.3 is 0 Å². The van der Waals surface area contributed by atoms with Gasteiger partial charge in [-0.15, -0.1) is 0 Å². The zero-order chi connectivity index (χ0) is 29.0. The second kappa shape index (κ2) is 12.5. The molecule has 0 heterocycles. The summed E-state index contributed by atoms with van der Waals surface area (Å²) in [6, 6.07) is 10.4. The minimum absolute atomic E-state index is 0.0454. The summed E-state index contributed by atoms with van der Waals surface area (Å²) < 4.78 is 27.6. The van der Waals surface area contributed by atoms with Crippen LogP contribution in [0, 0.1) is 11.6 Å². The molecule has 2 aromatic rings. The molecule has 0 aromatic heterocycles. The molecule has 7 nitrogen and oxygen atoms in total. The minimum atomic E-state index is -1.06. The number of nitrogens with one attached hydrogen (secondary N) is 2. The van der Waals surface area contributed by atoms with Crippen LogP contribution < -0.4 is 10.6 Å². The molecule has 1 fully saturated rings. The van der Waals surface area contributed by atoms with E-state index < -0.39 is 35.2 Å². The summed E-state index contributed by atoms with van der Waals surface area (Å²) in [5.74, 6) is -2.22. The standard InChI is InChI=1S/C30H41F2N3O4/c1-19(36)34-27(15-21-13-24(31)17-25(32)14-21)28(38)18-33-30(11-9-26(10-12-30)35(39)20(2)37)23-8-6-7-22(16-23)29(3,4)5/h6-8,13-14,16-17,26-28,33,38-39H,9-12,15,18H2,1-5H3,(H,34,36)/t26?,27-,28+,30?/m0/s1. The number of nitrogens with zero attached hydrogens (tertiary/aromatic N) is 1. The highest BCUT2D eigenvalue weighted by molar-refractivity contribution is 5.73. The van der Waals surface area contributed by atoms with Gasteiger partial charge in [-0.05, 0) is 66.3 Å². The molecule has 1 aliphatic rings. The van der Waals surface area contributed by atoms with Crippen molar-refractivity contribution in [3.05, 3.63) is 70.8 Å². The molecule has 0 spiro atoms. The van der Waals surface area contributed by atoms with E-state index in [1.807, 2.05) is 12.1 Å². The first-order valence-electron chi connectivity index (χ1n) is 13.4. The second-order valence-corrected chi connectivity index (χ2v) is 11.7. The summed E-state index contributed by atoms with van der Waals surface area (Å²) in [4.78, 5) is 23.7. The molecule has 1 aliphatic carbocycles. The van der Waals surface area contributed by atoms with Gasteiger partial charge in [0, 0.05) is 32.0 Å². The molecule has 2 atom stereocenters. The van der Waals surface area contributed by atoms with Crippen molar-refractivity contribution in [2.75, 3.05) is 6.54 Å². The third-order valence-electron chi connectivity index (χ3n) is 7.64. The van der Waals surface area contributed by atoms with Gasteiger partial charge in [-0.2, -0.15) is 0 Å². The quantitative estimate of drug-likeness (QED) is 0.278. The molecule has 3 rings (SSSR count). The molecule has 0 bridgehead atoms. The highest BCUT2D eigenvalue weighted by atomic mass is 19.1. The zero-order valence-electron chi connectivity index (χ0n) is 23.4. The Bertz CT molecular complexity index is 1140. The normalized spacial score (nSPS) is 21.2. The van der Waals surface area contributed by atoms with Gasteiger partial charge in [0.15, 0.2) is 0 Å². The van der Waals surface area contributed by atoms with Gasteiger partial charge in [0.1, 0.15) is 11.6 Å². The largest absolute Gasteiger partial charge is 0.390 e. The number of carbonyl (C=O) groups is 2. The van der Waals surface area contributed by atoms with Crippen LogP contribution in [0.4, 0.5) is 8.78 Å². The maximum Gasteiger partial charge on any atom is 0.243 e. The first-order valence-corrected chi connectivity index (χ1v) is 13.4. The average molecular weight is 546 g/mol. The van der Waals surface area contributed by atoms with E-state index >= 15 is 0 Å². The number of benzene rings is 2. The lowest BCUT2D eigenvalue weighted by molar-refractivity contribution is -0.177. The van der Waals surface area contributed by atoms with Crippen molar-refractivity contribution in [2.24, 2.45) is 0 Å². The Balaban J connectivity index is 1.86. The van der Waals surface area contributed by atoms with E-state index in [0.29, 0.717) is 31.2 Å².